The molecule has 0 aliphatic carbocycles. The lowest BCUT2D eigenvalue weighted by Gasteiger charge is -2.62. The average molecular weight is 396 g/mol. The normalized spacial score (nSPS) is 33.8. The molecule has 4 aliphatic rings. The molecule has 154 valence electrons. The van der Waals surface area contributed by atoms with Crippen LogP contribution in [0.2, 0.25) is 0 Å². The summed E-state index contributed by atoms with van der Waals surface area (Å²) in [6.07, 6.45) is 3.65. The minimum Gasteiger partial charge on any atom is -0.495 e. The zero-order valence-electron chi connectivity index (χ0n) is 17.4. The fourth-order valence-corrected chi connectivity index (χ4v) is 6.52. The van der Waals surface area contributed by atoms with Crippen molar-refractivity contribution in [2.24, 2.45) is 18.4 Å². The fraction of sp³-hybridized carbons (Fsp3) is 0.522. The molecule has 3 saturated heterocycles. The van der Waals surface area contributed by atoms with E-state index in [0.717, 1.165) is 30.7 Å². The quantitative estimate of drug-likeness (QED) is 0.638. The average Bonchev–Trinajstić information content (AvgIpc) is 3.05. The summed E-state index contributed by atoms with van der Waals surface area (Å²) in [5.74, 6) is 0.571. The number of aromatic nitrogens is 1. The highest BCUT2D eigenvalue weighted by atomic mass is 16.5. The van der Waals surface area contributed by atoms with E-state index in [1.807, 2.05) is 19.1 Å². The van der Waals surface area contributed by atoms with Gasteiger partial charge in [-0.3, -0.25) is 9.69 Å². The number of carbonyl (C=O) groups excluding carboxylic acids is 1. The van der Waals surface area contributed by atoms with E-state index >= 15 is 0 Å². The Hall–Kier alpha value is -2.31. The van der Waals surface area contributed by atoms with Crippen LogP contribution < -0.4 is 4.74 Å². The molecule has 6 rings (SSSR count). The summed E-state index contributed by atoms with van der Waals surface area (Å²) in [6, 6.07) is 6.31. The van der Waals surface area contributed by atoms with Crippen molar-refractivity contribution in [1.82, 2.24) is 9.47 Å². The van der Waals surface area contributed by atoms with Gasteiger partial charge in [0, 0.05) is 36.6 Å². The van der Waals surface area contributed by atoms with Gasteiger partial charge in [0.25, 0.3) is 0 Å². The predicted molar refractivity (Wildman–Crippen MR) is 110 cm³/mol. The molecular formula is C23H28N2O4. The van der Waals surface area contributed by atoms with Crippen molar-refractivity contribution >= 4 is 16.9 Å². The van der Waals surface area contributed by atoms with Crippen molar-refractivity contribution in [1.29, 1.82) is 0 Å². The standard InChI is InChI=1S/C23H28N2O4/c1-5-13-11-25-17-10-16(13)23(12-26,22(27)29-4)19(25)9-15-14-7-6-8-18(28-3)21(14)24(2)20(15)17/h5-8,16-17,19,26H,9-12H2,1-4H3/b13-5-/t16?,17-,19-,23?/m0/s1. The first kappa shape index (κ1) is 18.7. The number of benzene rings is 1. The van der Waals surface area contributed by atoms with Crippen LogP contribution >= 0.6 is 0 Å². The number of fused-ring (bicyclic) bond motifs is 4. The van der Waals surface area contributed by atoms with Crippen molar-refractivity contribution in [3.8, 4) is 5.75 Å². The largest absolute Gasteiger partial charge is 0.495 e. The molecule has 1 aromatic heterocycles. The number of hydrogen-bond donors (Lipinski definition) is 1. The van der Waals surface area contributed by atoms with Gasteiger partial charge < -0.3 is 19.1 Å². The van der Waals surface area contributed by atoms with E-state index in [-0.39, 0.29) is 30.6 Å². The number of allylic oxidation sites excluding steroid dienone is 1. The molecule has 0 saturated carbocycles. The van der Waals surface area contributed by atoms with Gasteiger partial charge in [-0.25, -0.2) is 0 Å². The number of piperidine rings is 3. The molecule has 2 aromatic rings. The number of methoxy groups -OCH3 is 2. The molecule has 4 bridgehead atoms. The molecule has 0 amide bonds. The number of ether oxygens (including phenoxy) is 2. The lowest BCUT2D eigenvalue weighted by atomic mass is 9.55. The van der Waals surface area contributed by atoms with Crippen molar-refractivity contribution in [2.75, 3.05) is 27.4 Å². The summed E-state index contributed by atoms with van der Waals surface area (Å²) in [6.45, 7) is 2.67. The summed E-state index contributed by atoms with van der Waals surface area (Å²) < 4.78 is 13.2. The molecule has 1 aromatic carbocycles. The first-order valence-electron chi connectivity index (χ1n) is 10.3. The third kappa shape index (κ3) is 2.11. The lowest BCUT2D eigenvalue weighted by molar-refractivity contribution is -0.183. The van der Waals surface area contributed by atoms with Gasteiger partial charge in [-0.15, -0.1) is 0 Å². The van der Waals surface area contributed by atoms with E-state index in [1.165, 1.54) is 29.3 Å². The third-order valence-corrected chi connectivity index (χ3v) is 7.75. The van der Waals surface area contributed by atoms with Gasteiger partial charge in [0.05, 0.1) is 32.4 Å². The minimum absolute atomic E-state index is 0.00184. The molecule has 29 heavy (non-hydrogen) atoms. The van der Waals surface area contributed by atoms with Crippen LogP contribution in [0.5, 0.6) is 5.75 Å². The topological polar surface area (TPSA) is 63.9 Å². The lowest BCUT2D eigenvalue weighted by Crippen LogP contribution is -2.69. The van der Waals surface area contributed by atoms with E-state index in [0.29, 0.717) is 0 Å². The van der Waals surface area contributed by atoms with Crippen LogP contribution in [0.1, 0.15) is 30.6 Å². The number of aryl methyl sites for hydroxylation is 1. The van der Waals surface area contributed by atoms with Crippen LogP contribution in [0, 0.1) is 11.3 Å². The second kappa shape index (κ2) is 6.34. The number of aliphatic hydroxyl groups is 1. The molecule has 4 aliphatic heterocycles. The molecule has 5 atom stereocenters. The Morgan fingerprint density at radius 3 is 2.83 bits per heavy atom. The first-order chi connectivity index (χ1) is 14.0. The molecule has 3 fully saturated rings. The van der Waals surface area contributed by atoms with Gasteiger partial charge in [0.2, 0.25) is 0 Å². The molecule has 1 N–H and O–H groups in total. The van der Waals surface area contributed by atoms with Gasteiger partial charge in [-0.05, 0) is 31.4 Å². The number of para-hydroxylation sites is 1. The summed E-state index contributed by atoms with van der Waals surface area (Å²) >= 11 is 0. The van der Waals surface area contributed by atoms with Crippen molar-refractivity contribution in [3.63, 3.8) is 0 Å². The molecule has 5 heterocycles. The van der Waals surface area contributed by atoms with Gasteiger partial charge >= 0.3 is 5.97 Å². The zero-order chi connectivity index (χ0) is 20.5. The fourth-order valence-electron chi connectivity index (χ4n) is 6.52. The minimum atomic E-state index is -0.913. The first-order valence-corrected chi connectivity index (χ1v) is 10.3. The second-order valence-corrected chi connectivity index (χ2v) is 8.53. The molecule has 6 heteroatoms. The summed E-state index contributed by atoms with van der Waals surface area (Å²) in [7, 11) is 5.25. The number of hydrogen-bond acceptors (Lipinski definition) is 5. The van der Waals surface area contributed by atoms with E-state index in [4.69, 9.17) is 9.47 Å². The number of esters is 1. The summed E-state index contributed by atoms with van der Waals surface area (Å²) in [4.78, 5) is 15.5. The van der Waals surface area contributed by atoms with Crippen molar-refractivity contribution < 1.29 is 19.4 Å². The van der Waals surface area contributed by atoms with Gasteiger partial charge in [-0.2, -0.15) is 0 Å². The highest BCUT2D eigenvalue weighted by molar-refractivity contribution is 5.91. The number of nitrogens with zero attached hydrogens (tertiary/aromatic N) is 2. The summed E-state index contributed by atoms with van der Waals surface area (Å²) in [5, 5.41) is 11.7. The number of rotatable bonds is 3. The van der Waals surface area contributed by atoms with Crippen molar-refractivity contribution in [3.05, 3.63) is 41.1 Å². The Balaban J connectivity index is 1.77. The SMILES string of the molecule is C/C=C1/CN2[C@H]3Cc4c(n(C)c5c(OC)cccc45)[C@@H]2CC1C3(CO)C(=O)OC. The van der Waals surface area contributed by atoms with E-state index in [9.17, 15) is 9.90 Å². The third-order valence-electron chi connectivity index (χ3n) is 7.75. The maximum atomic E-state index is 13.1. The van der Waals surface area contributed by atoms with Crippen LogP contribution in [0.25, 0.3) is 10.9 Å². The van der Waals surface area contributed by atoms with Gasteiger partial charge in [-0.1, -0.05) is 23.8 Å². The molecule has 0 spiro atoms. The van der Waals surface area contributed by atoms with Gasteiger partial charge in [0.1, 0.15) is 11.2 Å². The Kier molecular flexibility index (Phi) is 4.09. The Bertz CT molecular complexity index is 1040. The Labute approximate surface area is 170 Å². The maximum Gasteiger partial charge on any atom is 0.316 e. The highest BCUT2D eigenvalue weighted by Gasteiger charge is 2.65. The maximum absolute atomic E-state index is 13.1. The predicted octanol–water partition coefficient (Wildman–Crippen LogP) is 2.59. The van der Waals surface area contributed by atoms with Crippen LogP contribution in [0.3, 0.4) is 0 Å². The number of aliphatic hydroxyl groups excluding tert-OH is 1. The van der Waals surface area contributed by atoms with Crippen LogP contribution in [-0.4, -0.2) is 54.0 Å². The summed E-state index contributed by atoms with van der Waals surface area (Å²) in [5.41, 5.74) is 4.01. The Morgan fingerprint density at radius 1 is 1.38 bits per heavy atom. The molecule has 6 nitrogen and oxygen atoms in total. The van der Waals surface area contributed by atoms with E-state index < -0.39 is 5.41 Å². The number of carbonyl (C=O) groups is 1. The monoisotopic (exact) mass is 396 g/mol. The molecule has 3 unspecified atom stereocenters. The van der Waals surface area contributed by atoms with Gasteiger partial charge in [0.15, 0.2) is 0 Å². The zero-order valence-corrected chi connectivity index (χ0v) is 17.4. The van der Waals surface area contributed by atoms with Crippen LogP contribution in [-0.2, 0) is 23.0 Å². The van der Waals surface area contributed by atoms with E-state index in [2.05, 4.69) is 28.7 Å². The molecule has 0 radical (unpaired) electrons. The highest BCUT2D eigenvalue weighted by Crippen LogP contribution is 2.60. The van der Waals surface area contributed by atoms with Crippen LogP contribution in [0.15, 0.2) is 29.8 Å². The van der Waals surface area contributed by atoms with E-state index in [1.54, 1.807) is 7.11 Å². The smallest absolute Gasteiger partial charge is 0.316 e. The second-order valence-electron chi connectivity index (χ2n) is 8.53. The van der Waals surface area contributed by atoms with Crippen molar-refractivity contribution in [2.45, 2.75) is 31.8 Å². The molecular weight excluding hydrogens is 368 g/mol. The van der Waals surface area contributed by atoms with Crippen LogP contribution in [0.4, 0.5) is 0 Å². The Morgan fingerprint density at radius 2 is 2.17 bits per heavy atom.